The van der Waals surface area contributed by atoms with Gasteiger partial charge in [-0.1, -0.05) is 36.0 Å². The smallest absolute Gasteiger partial charge is 0.237 e. The van der Waals surface area contributed by atoms with Gasteiger partial charge in [-0.2, -0.15) is 0 Å². The zero-order valence-electron chi connectivity index (χ0n) is 17.3. The Balaban J connectivity index is 1.64. The van der Waals surface area contributed by atoms with Crippen LogP contribution in [0.1, 0.15) is 31.7 Å². The standard InChI is InChI=1S/C23H25N5OS/c1-3-27(19-11-5-6-12-19)21(29)16-30-23-26-25-22(18-10-8-14-24-15-18)28(23)20-13-7-4-9-17(20)2/h4,7-11,13-15H,3,5-6,12,16H2,1-2H3. The van der Waals surface area contributed by atoms with Crippen LogP contribution in [-0.2, 0) is 4.79 Å². The molecule has 2 heterocycles. The molecule has 4 rings (SSSR count). The monoisotopic (exact) mass is 419 g/mol. The summed E-state index contributed by atoms with van der Waals surface area (Å²) in [5.74, 6) is 1.15. The Bertz CT molecular complexity index is 1060. The molecular weight excluding hydrogens is 394 g/mol. The van der Waals surface area contributed by atoms with Gasteiger partial charge < -0.3 is 4.90 Å². The molecule has 0 N–H and O–H groups in total. The fourth-order valence-electron chi connectivity index (χ4n) is 3.72. The number of hydrogen-bond acceptors (Lipinski definition) is 5. The van der Waals surface area contributed by atoms with E-state index in [2.05, 4.69) is 34.2 Å². The Morgan fingerprint density at radius 1 is 1.20 bits per heavy atom. The third kappa shape index (κ3) is 4.16. The predicted octanol–water partition coefficient (Wildman–Crippen LogP) is 4.65. The van der Waals surface area contributed by atoms with E-state index in [1.807, 2.05) is 46.7 Å². The SMILES string of the molecule is CCN(C(=O)CSc1nnc(-c2cccnc2)n1-c1ccccc1C)C1=CCCC1. The summed E-state index contributed by atoms with van der Waals surface area (Å²) in [5.41, 5.74) is 4.15. The molecule has 0 bridgehead atoms. The highest BCUT2D eigenvalue weighted by Gasteiger charge is 2.22. The van der Waals surface area contributed by atoms with Crippen molar-refractivity contribution in [3.05, 3.63) is 66.1 Å². The van der Waals surface area contributed by atoms with Crippen molar-refractivity contribution in [2.45, 2.75) is 38.3 Å². The first kappa shape index (κ1) is 20.3. The van der Waals surface area contributed by atoms with Gasteiger partial charge in [0.1, 0.15) is 0 Å². The molecular formula is C23H25N5OS. The van der Waals surface area contributed by atoms with Crippen LogP contribution in [0.5, 0.6) is 0 Å². The molecule has 0 aliphatic heterocycles. The number of benzene rings is 1. The molecule has 3 aromatic rings. The van der Waals surface area contributed by atoms with Crippen LogP contribution in [0.2, 0.25) is 0 Å². The molecule has 1 amide bonds. The van der Waals surface area contributed by atoms with Crippen LogP contribution in [0, 0.1) is 6.92 Å². The van der Waals surface area contributed by atoms with Gasteiger partial charge >= 0.3 is 0 Å². The zero-order chi connectivity index (χ0) is 20.9. The van der Waals surface area contributed by atoms with Gasteiger partial charge in [0.25, 0.3) is 0 Å². The van der Waals surface area contributed by atoms with Crippen LogP contribution >= 0.6 is 11.8 Å². The van der Waals surface area contributed by atoms with E-state index >= 15 is 0 Å². The Labute approximate surface area is 181 Å². The molecule has 0 atom stereocenters. The molecule has 1 aromatic carbocycles. The summed E-state index contributed by atoms with van der Waals surface area (Å²) in [6.07, 6.45) is 8.87. The average molecular weight is 420 g/mol. The van der Waals surface area contributed by atoms with Crippen molar-refractivity contribution in [3.8, 4) is 17.1 Å². The Hall–Kier alpha value is -2.93. The summed E-state index contributed by atoms with van der Waals surface area (Å²) < 4.78 is 2.02. The highest BCUT2D eigenvalue weighted by molar-refractivity contribution is 7.99. The summed E-state index contributed by atoms with van der Waals surface area (Å²) in [6, 6.07) is 12.0. The molecule has 7 heteroatoms. The highest BCUT2D eigenvalue weighted by Crippen LogP contribution is 2.30. The summed E-state index contributed by atoms with van der Waals surface area (Å²) in [6.45, 7) is 4.78. The number of carbonyl (C=O) groups excluding carboxylic acids is 1. The van der Waals surface area contributed by atoms with Gasteiger partial charge in [-0.15, -0.1) is 10.2 Å². The van der Waals surface area contributed by atoms with Crippen LogP contribution < -0.4 is 0 Å². The number of hydrogen-bond donors (Lipinski definition) is 0. The molecule has 1 aliphatic rings. The molecule has 30 heavy (non-hydrogen) atoms. The van der Waals surface area contributed by atoms with Crippen molar-refractivity contribution in [2.75, 3.05) is 12.3 Å². The number of nitrogens with zero attached hydrogens (tertiary/aromatic N) is 5. The average Bonchev–Trinajstić information content (AvgIpc) is 3.44. The van der Waals surface area contributed by atoms with E-state index in [9.17, 15) is 4.79 Å². The van der Waals surface area contributed by atoms with Crippen molar-refractivity contribution in [1.29, 1.82) is 0 Å². The number of thioether (sulfide) groups is 1. The normalized spacial score (nSPS) is 13.3. The predicted molar refractivity (Wildman–Crippen MR) is 119 cm³/mol. The maximum absolute atomic E-state index is 12.9. The zero-order valence-corrected chi connectivity index (χ0v) is 18.1. The van der Waals surface area contributed by atoms with E-state index < -0.39 is 0 Å². The summed E-state index contributed by atoms with van der Waals surface area (Å²) in [7, 11) is 0. The van der Waals surface area contributed by atoms with Gasteiger partial charge in [0, 0.05) is 30.2 Å². The molecule has 154 valence electrons. The van der Waals surface area contributed by atoms with Gasteiger partial charge in [0.05, 0.1) is 11.4 Å². The van der Waals surface area contributed by atoms with Crippen molar-refractivity contribution in [3.63, 3.8) is 0 Å². The third-order valence-electron chi connectivity index (χ3n) is 5.22. The van der Waals surface area contributed by atoms with E-state index in [0.717, 1.165) is 47.6 Å². The molecule has 0 radical (unpaired) electrons. The molecule has 0 fully saturated rings. The number of rotatable bonds is 7. The largest absolute Gasteiger partial charge is 0.316 e. The topological polar surface area (TPSA) is 63.9 Å². The van der Waals surface area contributed by atoms with E-state index in [1.54, 1.807) is 12.4 Å². The van der Waals surface area contributed by atoms with Crippen LogP contribution in [0.4, 0.5) is 0 Å². The number of carbonyl (C=O) groups is 1. The van der Waals surface area contributed by atoms with Crippen LogP contribution in [-0.4, -0.2) is 42.9 Å². The van der Waals surface area contributed by atoms with Crippen molar-refractivity contribution >= 4 is 17.7 Å². The lowest BCUT2D eigenvalue weighted by atomic mass is 10.2. The van der Waals surface area contributed by atoms with Crippen molar-refractivity contribution in [1.82, 2.24) is 24.6 Å². The van der Waals surface area contributed by atoms with Crippen LogP contribution in [0.25, 0.3) is 17.1 Å². The first-order valence-corrected chi connectivity index (χ1v) is 11.2. The molecule has 0 saturated heterocycles. The quantitative estimate of drug-likeness (QED) is 0.522. The number of aryl methyl sites for hydroxylation is 1. The van der Waals surface area contributed by atoms with E-state index in [0.29, 0.717) is 17.5 Å². The number of amides is 1. The number of aromatic nitrogens is 4. The second kappa shape index (κ2) is 9.26. The molecule has 2 aromatic heterocycles. The molecule has 0 saturated carbocycles. The Morgan fingerprint density at radius 2 is 2.07 bits per heavy atom. The summed E-state index contributed by atoms with van der Waals surface area (Å²) in [5, 5.41) is 9.57. The summed E-state index contributed by atoms with van der Waals surface area (Å²) >= 11 is 1.43. The van der Waals surface area contributed by atoms with E-state index in [-0.39, 0.29) is 5.91 Å². The molecule has 0 unspecified atom stereocenters. The first-order chi connectivity index (χ1) is 14.7. The molecule has 1 aliphatic carbocycles. The van der Waals surface area contributed by atoms with Gasteiger partial charge in [0.2, 0.25) is 5.91 Å². The maximum atomic E-state index is 12.9. The molecule has 0 spiro atoms. The second-order valence-corrected chi connectivity index (χ2v) is 8.13. The van der Waals surface area contributed by atoms with Gasteiger partial charge in [-0.05, 0) is 56.9 Å². The Kier molecular flexibility index (Phi) is 6.28. The molecule has 6 nitrogen and oxygen atoms in total. The van der Waals surface area contributed by atoms with Crippen LogP contribution in [0.15, 0.2) is 65.7 Å². The number of allylic oxidation sites excluding steroid dienone is 2. The fraction of sp³-hybridized carbons (Fsp3) is 0.304. The minimum Gasteiger partial charge on any atom is -0.316 e. The van der Waals surface area contributed by atoms with Gasteiger partial charge in [0.15, 0.2) is 11.0 Å². The van der Waals surface area contributed by atoms with Crippen molar-refractivity contribution < 1.29 is 4.79 Å². The van der Waals surface area contributed by atoms with Crippen LogP contribution in [0.3, 0.4) is 0 Å². The minimum atomic E-state index is 0.109. The van der Waals surface area contributed by atoms with E-state index in [4.69, 9.17) is 0 Å². The minimum absolute atomic E-state index is 0.109. The fourth-order valence-corrected chi connectivity index (χ4v) is 4.54. The Morgan fingerprint density at radius 3 is 2.77 bits per heavy atom. The van der Waals surface area contributed by atoms with Gasteiger partial charge in [-0.25, -0.2) is 0 Å². The number of para-hydroxylation sites is 1. The highest BCUT2D eigenvalue weighted by atomic mass is 32.2. The number of pyridine rings is 1. The van der Waals surface area contributed by atoms with E-state index in [1.165, 1.54) is 11.8 Å². The second-order valence-electron chi connectivity index (χ2n) is 7.18. The summed E-state index contributed by atoms with van der Waals surface area (Å²) in [4.78, 5) is 19.0. The van der Waals surface area contributed by atoms with Gasteiger partial charge in [-0.3, -0.25) is 14.3 Å². The lowest BCUT2D eigenvalue weighted by molar-refractivity contribution is -0.126. The van der Waals surface area contributed by atoms with Crippen molar-refractivity contribution in [2.24, 2.45) is 0 Å². The first-order valence-electron chi connectivity index (χ1n) is 10.2. The lowest BCUT2D eigenvalue weighted by Crippen LogP contribution is -2.31. The third-order valence-corrected chi connectivity index (χ3v) is 6.13. The lowest BCUT2D eigenvalue weighted by Gasteiger charge is -2.22. The maximum Gasteiger partial charge on any atom is 0.237 e.